The van der Waals surface area contributed by atoms with Crippen LogP contribution in [-0.4, -0.2) is 29.5 Å². The summed E-state index contributed by atoms with van der Waals surface area (Å²) in [6.45, 7) is 0.384. The number of nitrogens with one attached hydrogen (secondary N) is 2. The van der Waals surface area contributed by atoms with Crippen molar-refractivity contribution >= 4 is 29.2 Å². The van der Waals surface area contributed by atoms with Gasteiger partial charge >= 0.3 is 5.97 Å². The maximum Gasteiger partial charge on any atom is 0.307 e. The van der Waals surface area contributed by atoms with E-state index in [2.05, 4.69) is 10.6 Å². The number of carboxylic acids is 1. The van der Waals surface area contributed by atoms with Gasteiger partial charge < -0.3 is 20.5 Å². The number of rotatable bonds is 8. The molecule has 0 bridgehead atoms. The average molecular weight is 382 g/mol. The van der Waals surface area contributed by atoms with Gasteiger partial charge in [-0.1, -0.05) is 18.2 Å². The number of para-hydroxylation sites is 1. The molecule has 1 heterocycles. The number of amides is 2. The quantitative estimate of drug-likeness (QED) is 0.609. The number of aliphatic carboxylic acids is 1. The molecular weight excluding hydrogens is 360 g/mol. The van der Waals surface area contributed by atoms with Gasteiger partial charge in [0.15, 0.2) is 0 Å². The molecule has 28 heavy (non-hydrogen) atoms. The molecule has 2 amide bonds. The second-order valence-corrected chi connectivity index (χ2v) is 6.59. The minimum Gasteiger partial charge on any atom is -0.494 e. The molecule has 0 saturated carbocycles. The smallest absolute Gasteiger partial charge is 0.307 e. The zero-order valence-corrected chi connectivity index (χ0v) is 15.4. The van der Waals surface area contributed by atoms with Gasteiger partial charge in [0.1, 0.15) is 5.75 Å². The van der Waals surface area contributed by atoms with Crippen molar-refractivity contribution in [3.63, 3.8) is 0 Å². The predicted octanol–water partition coefficient (Wildman–Crippen LogP) is 3.00. The van der Waals surface area contributed by atoms with E-state index in [4.69, 9.17) is 9.84 Å². The highest BCUT2D eigenvalue weighted by Crippen LogP contribution is 2.26. The van der Waals surface area contributed by atoms with E-state index in [1.807, 2.05) is 12.1 Å². The zero-order valence-electron chi connectivity index (χ0n) is 15.4. The average Bonchev–Trinajstić information content (AvgIpc) is 2.66. The fourth-order valence-corrected chi connectivity index (χ4v) is 3.04. The van der Waals surface area contributed by atoms with Gasteiger partial charge in [-0.25, -0.2) is 0 Å². The van der Waals surface area contributed by atoms with E-state index < -0.39 is 5.97 Å². The Labute approximate surface area is 162 Å². The normalized spacial score (nSPS) is 12.6. The maximum absolute atomic E-state index is 12.1. The van der Waals surface area contributed by atoms with E-state index in [1.54, 1.807) is 30.3 Å². The third-order valence-electron chi connectivity index (χ3n) is 4.42. The molecular formula is C21H22N2O5. The number of hydrogen-bond donors (Lipinski definition) is 3. The van der Waals surface area contributed by atoms with E-state index in [1.165, 1.54) is 0 Å². The van der Waals surface area contributed by atoms with Crippen LogP contribution in [0.5, 0.6) is 5.75 Å². The van der Waals surface area contributed by atoms with Crippen molar-refractivity contribution in [1.82, 2.24) is 0 Å². The van der Waals surface area contributed by atoms with Gasteiger partial charge in [-0.05, 0) is 48.2 Å². The minimum absolute atomic E-state index is 0.0251. The number of carbonyl (C=O) groups is 3. The molecule has 0 atom stereocenters. The molecule has 7 heteroatoms. The number of hydrogen-bond acceptors (Lipinski definition) is 4. The third-order valence-corrected chi connectivity index (χ3v) is 4.42. The van der Waals surface area contributed by atoms with Gasteiger partial charge in [0, 0.05) is 24.2 Å². The van der Waals surface area contributed by atoms with Crippen molar-refractivity contribution in [3.8, 4) is 5.75 Å². The molecule has 7 nitrogen and oxygen atoms in total. The molecule has 0 radical (unpaired) electrons. The second kappa shape index (κ2) is 9.03. The van der Waals surface area contributed by atoms with E-state index >= 15 is 0 Å². The SMILES string of the molecule is O=C(O)Cc1ccccc1NC(=O)CCCOc1ccc2c(c1)CCC(=O)N2. The molecule has 3 N–H and O–H groups in total. The Hall–Kier alpha value is -3.35. The fourth-order valence-electron chi connectivity index (χ4n) is 3.04. The van der Waals surface area contributed by atoms with Crippen LogP contribution in [0.3, 0.4) is 0 Å². The van der Waals surface area contributed by atoms with E-state index in [0.717, 1.165) is 11.3 Å². The van der Waals surface area contributed by atoms with Crippen LogP contribution in [-0.2, 0) is 27.2 Å². The number of ether oxygens (including phenoxy) is 1. The second-order valence-electron chi connectivity index (χ2n) is 6.59. The molecule has 0 aromatic heterocycles. The molecule has 0 saturated heterocycles. The van der Waals surface area contributed by atoms with Crippen LogP contribution in [0, 0.1) is 0 Å². The van der Waals surface area contributed by atoms with Crippen molar-refractivity contribution in [1.29, 1.82) is 0 Å². The number of benzene rings is 2. The van der Waals surface area contributed by atoms with E-state index in [9.17, 15) is 14.4 Å². The first-order valence-electron chi connectivity index (χ1n) is 9.16. The summed E-state index contributed by atoms with van der Waals surface area (Å²) in [5.74, 6) is -0.395. The molecule has 146 valence electrons. The summed E-state index contributed by atoms with van der Waals surface area (Å²) in [5, 5.41) is 14.5. The Kier molecular flexibility index (Phi) is 6.26. The summed E-state index contributed by atoms with van der Waals surface area (Å²) in [4.78, 5) is 34.4. The molecule has 2 aromatic rings. The number of fused-ring (bicyclic) bond motifs is 1. The summed E-state index contributed by atoms with van der Waals surface area (Å²) in [6, 6.07) is 12.4. The van der Waals surface area contributed by atoms with Gasteiger partial charge in [0.25, 0.3) is 0 Å². The molecule has 1 aliphatic heterocycles. The molecule has 1 aliphatic rings. The van der Waals surface area contributed by atoms with Crippen molar-refractivity contribution in [2.75, 3.05) is 17.2 Å². The standard InChI is InChI=1S/C21H22N2O5/c24-19(22-17-5-2-1-4-14(17)13-21(26)27)6-3-11-28-16-8-9-18-15(12-16)7-10-20(25)23-18/h1-2,4-5,8-9,12H,3,6-7,10-11,13H2,(H,22,24)(H,23,25)(H,26,27). The van der Waals surface area contributed by atoms with Crippen molar-refractivity contribution in [3.05, 3.63) is 53.6 Å². The highest BCUT2D eigenvalue weighted by atomic mass is 16.5. The Balaban J connectivity index is 1.45. The van der Waals surface area contributed by atoms with Crippen LogP contribution in [0.1, 0.15) is 30.4 Å². The lowest BCUT2D eigenvalue weighted by Crippen LogP contribution is -2.18. The highest BCUT2D eigenvalue weighted by molar-refractivity contribution is 5.94. The molecule has 3 rings (SSSR count). The van der Waals surface area contributed by atoms with Crippen LogP contribution in [0.4, 0.5) is 11.4 Å². The lowest BCUT2D eigenvalue weighted by Gasteiger charge is -2.17. The maximum atomic E-state index is 12.1. The summed E-state index contributed by atoms with van der Waals surface area (Å²) < 4.78 is 5.71. The van der Waals surface area contributed by atoms with Crippen molar-refractivity contribution in [2.45, 2.75) is 32.1 Å². The first-order chi connectivity index (χ1) is 13.5. The van der Waals surface area contributed by atoms with E-state index in [-0.39, 0.29) is 24.7 Å². The lowest BCUT2D eigenvalue weighted by atomic mass is 10.0. The topological polar surface area (TPSA) is 105 Å². The van der Waals surface area contributed by atoms with Crippen LogP contribution < -0.4 is 15.4 Å². The number of aryl methyl sites for hydroxylation is 1. The summed E-state index contributed by atoms with van der Waals surface area (Å²) in [7, 11) is 0. The zero-order chi connectivity index (χ0) is 19.9. The number of carboxylic acid groups (broad SMARTS) is 1. The fraction of sp³-hybridized carbons (Fsp3) is 0.286. The molecule has 0 fully saturated rings. The summed E-state index contributed by atoms with van der Waals surface area (Å²) in [5.41, 5.74) is 2.96. The summed E-state index contributed by atoms with van der Waals surface area (Å²) in [6.07, 6.45) is 1.82. The lowest BCUT2D eigenvalue weighted by molar-refractivity contribution is -0.136. The van der Waals surface area contributed by atoms with Gasteiger partial charge in [-0.2, -0.15) is 0 Å². The Morgan fingerprint density at radius 1 is 1.14 bits per heavy atom. The largest absolute Gasteiger partial charge is 0.494 e. The van der Waals surface area contributed by atoms with E-state index in [0.29, 0.717) is 42.9 Å². The molecule has 0 unspecified atom stereocenters. The van der Waals surface area contributed by atoms with Gasteiger partial charge in [0.2, 0.25) is 11.8 Å². The van der Waals surface area contributed by atoms with Gasteiger partial charge in [0.05, 0.1) is 13.0 Å². The first-order valence-corrected chi connectivity index (χ1v) is 9.16. The number of carbonyl (C=O) groups excluding carboxylic acids is 2. The van der Waals surface area contributed by atoms with Crippen molar-refractivity contribution in [2.24, 2.45) is 0 Å². The molecule has 2 aromatic carbocycles. The molecule has 0 spiro atoms. The Bertz CT molecular complexity index is 894. The Morgan fingerprint density at radius 2 is 1.96 bits per heavy atom. The third kappa shape index (κ3) is 5.33. The minimum atomic E-state index is -0.945. The summed E-state index contributed by atoms with van der Waals surface area (Å²) >= 11 is 0. The number of anilines is 2. The molecule has 0 aliphatic carbocycles. The van der Waals surface area contributed by atoms with Crippen LogP contribution >= 0.6 is 0 Å². The van der Waals surface area contributed by atoms with Gasteiger partial charge in [-0.15, -0.1) is 0 Å². The van der Waals surface area contributed by atoms with Crippen molar-refractivity contribution < 1.29 is 24.2 Å². The van der Waals surface area contributed by atoms with Crippen LogP contribution in [0.25, 0.3) is 0 Å². The van der Waals surface area contributed by atoms with Crippen LogP contribution in [0.15, 0.2) is 42.5 Å². The highest BCUT2D eigenvalue weighted by Gasteiger charge is 2.15. The first kappa shape index (κ1) is 19.4. The van der Waals surface area contributed by atoms with Crippen LogP contribution in [0.2, 0.25) is 0 Å². The van der Waals surface area contributed by atoms with Gasteiger partial charge in [-0.3, -0.25) is 14.4 Å². The monoisotopic (exact) mass is 382 g/mol. The predicted molar refractivity (Wildman–Crippen MR) is 105 cm³/mol. The Morgan fingerprint density at radius 3 is 2.79 bits per heavy atom.